The fourth-order valence-electron chi connectivity index (χ4n) is 1.79. The molecule has 1 atom stereocenters. The van der Waals surface area contributed by atoms with E-state index < -0.39 is 0 Å². The number of nitrogens with one attached hydrogen (secondary N) is 2. The van der Waals surface area contributed by atoms with Gasteiger partial charge in [0.25, 0.3) is 0 Å². The Morgan fingerprint density at radius 3 is 2.93 bits per heavy atom. The predicted molar refractivity (Wildman–Crippen MR) is 58.2 cm³/mol. The van der Waals surface area contributed by atoms with Gasteiger partial charge in [-0.25, -0.2) is 0 Å². The van der Waals surface area contributed by atoms with Crippen LogP contribution in [0.3, 0.4) is 0 Å². The van der Waals surface area contributed by atoms with Crippen molar-refractivity contribution in [3.8, 4) is 0 Å². The normalized spacial score (nSPS) is 21.1. The molecule has 1 aliphatic rings. The summed E-state index contributed by atoms with van der Waals surface area (Å²) in [6, 6.07) is 0.383. The Hall–Kier alpha value is -0.570. The van der Waals surface area contributed by atoms with E-state index in [0.717, 1.165) is 25.9 Å². The van der Waals surface area contributed by atoms with Crippen LogP contribution in [0.2, 0.25) is 0 Å². The van der Waals surface area contributed by atoms with E-state index in [1.807, 2.05) is 0 Å². The average molecular weight is 198 g/mol. The number of rotatable bonds is 6. The highest BCUT2D eigenvalue weighted by Gasteiger charge is 2.15. The van der Waals surface area contributed by atoms with Crippen molar-refractivity contribution in [3.05, 3.63) is 0 Å². The van der Waals surface area contributed by atoms with Gasteiger partial charge in [-0.15, -0.1) is 0 Å². The molecule has 0 unspecified atom stereocenters. The molecular formula is C11H22N2O. The van der Waals surface area contributed by atoms with Crippen molar-refractivity contribution in [3.63, 3.8) is 0 Å². The molecule has 0 aromatic rings. The number of hydrogen-bond donors (Lipinski definition) is 2. The number of unbranched alkanes of at least 4 members (excludes halogenated alkanes) is 3. The Balaban J connectivity index is 1.98. The van der Waals surface area contributed by atoms with Crippen LogP contribution in [-0.2, 0) is 4.79 Å². The molecule has 1 fully saturated rings. The van der Waals surface area contributed by atoms with Crippen LogP contribution in [0.4, 0.5) is 0 Å². The van der Waals surface area contributed by atoms with E-state index in [4.69, 9.17) is 0 Å². The van der Waals surface area contributed by atoms with Crippen molar-refractivity contribution < 1.29 is 4.79 Å². The minimum Gasteiger partial charge on any atom is -0.352 e. The molecule has 1 amide bonds. The third-order valence-electron chi connectivity index (χ3n) is 2.68. The van der Waals surface area contributed by atoms with Crippen molar-refractivity contribution in [2.45, 2.75) is 51.5 Å². The standard InChI is InChI=1S/C11H22N2O/c1-2-3-4-5-6-11(14)13-10-7-8-12-9-10/h10,12H,2-9H2,1H3,(H,13,14)/t10-/m0/s1. The molecule has 1 rings (SSSR count). The van der Waals surface area contributed by atoms with Gasteiger partial charge in [0.1, 0.15) is 0 Å². The second-order valence-electron chi connectivity index (χ2n) is 4.07. The zero-order valence-corrected chi connectivity index (χ0v) is 9.14. The van der Waals surface area contributed by atoms with Gasteiger partial charge in [0.15, 0.2) is 0 Å². The highest BCUT2D eigenvalue weighted by atomic mass is 16.1. The van der Waals surface area contributed by atoms with Crippen LogP contribution in [0.15, 0.2) is 0 Å². The minimum atomic E-state index is 0.231. The summed E-state index contributed by atoms with van der Waals surface area (Å²) in [4.78, 5) is 11.4. The Kier molecular flexibility index (Phi) is 5.60. The molecule has 2 N–H and O–H groups in total. The number of carbonyl (C=O) groups excluding carboxylic acids is 1. The lowest BCUT2D eigenvalue weighted by Crippen LogP contribution is -2.35. The Bertz CT molecular complexity index is 165. The quantitative estimate of drug-likeness (QED) is 0.634. The monoisotopic (exact) mass is 198 g/mol. The van der Waals surface area contributed by atoms with Gasteiger partial charge in [-0.1, -0.05) is 26.2 Å². The molecule has 0 aliphatic carbocycles. The molecule has 0 bridgehead atoms. The molecule has 0 saturated carbocycles. The van der Waals surface area contributed by atoms with Crippen molar-refractivity contribution in [1.29, 1.82) is 0 Å². The SMILES string of the molecule is CCCCCCC(=O)N[C@H]1CCNC1. The molecule has 82 valence electrons. The second kappa shape index (κ2) is 6.82. The van der Waals surface area contributed by atoms with Crippen LogP contribution in [-0.4, -0.2) is 25.0 Å². The van der Waals surface area contributed by atoms with Crippen molar-refractivity contribution in [2.24, 2.45) is 0 Å². The van der Waals surface area contributed by atoms with Gasteiger partial charge in [-0.05, 0) is 19.4 Å². The molecule has 0 radical (unpaired) electrons. The fraction of sp³-hybridized carbons (Fsp3) is 0.909. The molecule has 14 heavy (non-hydrogen) atoms. The summed E-state index contributed by atoms with van der Waals surface area (Å²) in [5.41, 5.74) is 0. The van der Waals surface area contributed by atoms with Gasteiger partial charge in [-0.3, -0.25) is 4.79 Å². The zero-order valence-electron chi connectivity index (χ0n) is 9.14. The molecule has 0 aromatic carbocycles. The van der Waals surface area contributed by atoms with E-state index in [9.17, 15) is 4.79 Å². The summed E-state index contributed by atoms with van der Waals surface area (Å²) < 4.78 is 0. The summed E-state index contributed by atoms with van der Waals surface area (Å²) >= 11 is 0. The Morgan fingerprint density at radius 1 is 1.43 bits per heavy atom. The van der Waals surface area contributed by atoms with E-state index >= 15 is 0 Å². The predicted octanol–water partition coefficient (Wildman–Crippen LogP) is 1.43. The van der Waals surface area contributed by atoms with Gasteiger partial charge in [0.05, 0.1) is 0 Å². The van der Waals surface area contributed by atoms with Crippen LogP contribution in [0.5, 0.6) is 0 Å². The first kappa shape index (κ1) is 11.5. The van der Waals surface area contributed by atoms with Crippen LogP contribution in [0.25, 0.3) is 0 Å². The maximum atomic E-state index is 11.4. The third-order valence-corrected chi connectivity index (χ3v) is 2.68. The lowest BCUT2D eigenvalue weighted by Gasteiger charge is -2.10. The van der Waals surface area contributed by atoms with Gasteiger partial charge in [-0.2, -0.15) is 0 Å². The number of hydrogen-bond acceptors (Lipinski definition) is 2. The lowest BCUT2D eigenvalue weighted by molar-refractivity contribution is -0.121. The van der Waals surface area contributed by atoms with Crippen LogP contribution in [0, 0.1) is 0 Å². The van der Waals surface area contributed by atoms with Crippen molar-refractivity contribution in [1.82, 2.24) is 10.6 Å². The van der Waals surface area contributed by atoms with Gasteiger partial charge < -0.3 is 10.6 Å². The first-order valence-electron chi connectivity index (χ1n) is 5.83. The maximum Gasteiger partial charge on any atom is 0.220 e. The largest absolute Gasteiger partial charge is 0.352 e. The van der Waals surface area contributed by atoms with E-state index in [-0.39, 0.29) is 5.91 Å². The molecule has 0 aromatic heterocycles. The summed E-state index contributed by atoms with van der Waals surface area (Å²) in [5, 5.41) is 6.29. The third kappa shape index (κ3) is 4.61. The van der Waals surface area contributed by atoms with E-state index in [1.54, 1.807) is 0 Å². The maximum absolute atomic E-state index is 11.4. The first-order valence-corrected chi connectivity index (χ1v) is 5.83. The minimum absolute atomic E-state index is 0.231. The number of carbonyl (C=O) groups is 1. The van der Waals surface area contributed by atoms with Crippen LogP contribution in [0.1, 0.15) is 45.4 Å². The highest BCUT2D eigenvalue weighted by Crippen LogP contribution is 2.03. The molecule has 0 spiro atoms. The van der Waals surface area contributed by atoms with Crippen molar-refractivity contribution in [2.75, 3.05) is 13.1 Å². The van der Waals surface area contributed by atoms with Crippen molar-refractivity contribution >= 4 is 5.91 Å². The lowest BCUT2D eigenvalue weighted by atomic mass is 10.1. The molecular weight excluding hydrogens is 176 g/mol. The highest BCUT2D eigenvalue weighted by molar-refractivity contribution is 5.76. The molecule has 3 nitrogen and oxygen atoms in total. The van der Waals surface area contributed by atoms with Crippen LogP contribution < -0.4 is 10.6 Å². The fourth-order valence-corrected chi connectivity index (χ4v) is 1.79. The zero-order chi connectivity index (χ0) is 10.2. The van der Waals surface area contributed by atoms with Crippen LogP contribution >= 0.6 is 0 Å². The Morgan fingerprint density at radius 2 is 2.29 bits per heavy atom. The second-order valence-corrected chi connectivity index (χ2v) is 4.07. The average Bonchev–Trinajstić information content (AvgIpc) is 2.65. The smallest absolute Gasteiger partial charge is 0.220 e. The topological polar surface area (TPSA) is 41.1 Å². The molecule has 1 saturated heterocycles. The Labute approximate surface area is 86.6 Å². The molecule has 1 heterocycles. The molecule has 3 heteroatoms. The summed E-state index contributed by atoms with van der Waals surface area (Å²) in [7, 11) is 0. The van der Waals surface area contributed by atoms with Gasteiger partial charge in [0, 0.05) is 19.0 Å². The summed E-state index contributed by atoms with van der Waals surface area (Å²) in [6.45, 7) is 4.17. The van der Waals surface area contributed by atoms with E-state index in [0.29, 0.717) is 12.5 Å². The summed E-state index contributed by atoms with van der Waals surface area (Å²) in [6.07, 6.45) is 6.50. The first-order chi connectivity index (χ1) is 6.83. The van der Waals surface area contributed by atoms with E-state index in [1.165, 1.54) is 19.3 Å². The van der Waals surface area contributed by atoms with Gasteiger partial charge >= 0.3 is 0 Å². The number of amides is 1. The van der Waals surface area contributed by atoms with Gasteiger partial charge in [0.2, 0.25) is 5.91 Å². The van der Waals surface area contributed by atoms with E-state index in [2.05, 4.69) is 17.6 Å². The summed E-state index contributed by atoms with van der Waals surface area (Å²) in [5.74, 6) is 0.231. The molecule has 1 aliphatic heterocycles.